The molecule has 1 aliphatic heterocycles. The van der Waals surface area contributed by atoms with Gasteiger partial charge in [0, 0.05) is 44.5 Å². The maximum absolute atomic E-state index is 12.6. The quantitative estimate of drug-likeness (QED) is 0.628. The van der Waals surface area contributed by atoms with E-state index in [-0.39, 0.29) is 23.5 Å². The molecule has 1 aromatic heterocycles. The third-order valence-corrected chi connectivity index (χ3v) is 7.62. The monoisotopic (exact) mass is 401 g/mol. The third-order valence-electron chi connectivity index (χ3n) is 5.01. The highest BCUT2D eigenvalue weighted by atomic mass is 32.2. The third kappa shape index (κ3) is 6.33. The smallest absolute Gasteiger partial charge is 0.236 e. The molecule has 0 N–H and O–H groups in total. The van der Waals surface area contributed by atoms with E-state index >= 15 is 0 Å². The van der Waals surface area contributed by atoms with Gasteiger partial charge in [-0.15, -0.1) is 0 Å². The van der Waals surface area contributed by atoms with Gasteiger partial charge in [0.15, 0.2) is 9.84 Å². The Kier molecular flexibility index (Phi) is 8.06. The van der Waals surface area contributed by atoms with Crippen molar-refractivity contribution in [2.45, 2.75) is 33.4 Å². The van der Waals surface area contributed by atoms with E-state index in [4.69, 9.17) is 0 Å². The predicted molar refractivity (Wildman–Crippen MR) is 107 cm³/mol. The molecule has 1 fully saturated rings. The SMILES string of the molecule is CCN(CC(=O)N1CCN(Cc2ccsc2)CC1)C(C)CS(=O)(=O)CC. The normalized spacial score (nSPS) is 17.6. The first-order valence-corrected chi connectivity index (χ1v) is 12.1. The van der Waals surface area contributed by atoms with Gasteiger partial charge in [-0.1, -0.05) is 13.8 Å². The largest absolute Gasteiger partial charge is 0.339 e. The molecule has 0 saturated carbocycles. The van der Waals surface area contributed by atoms with Gasteiger partial charge in [0.2, 0.25) is 5.91 Å². The van der Waals surface area contributed by atoms with Gasteiger partial charge >= 0.3 is 0 Å². The molecule has 6 nitrogen and oxygen atoms in total. The van der Waals surface area contributed by atoms with Gasteiger partial charge in [0.1, 0.15) is 0 Å². The highest BCUT2D eigenvalue weighted by Crippen LogP contribution is 2.12. The molecule has 1 saturated heterocycles. The van der Waals surface area contributed by atoms with Crippen LogP contribution in [0.5, 0.6) is 0 Å². The van der Waals surface area contributed by atoms with Gasteiger partial charge in [-0.05, 0) is 35.9 Å². The maximum Gasteiger partial charge on any atom is 0.236 e. The van der Waals surface area contributed by atoms with Crippen molar-refractivity contribution >= 4 is 27.1 Å². The number of thiophene rings is 1. The molecule has 148 valence electrons. The summed E-state index contributed by atoms with van der Waals surface area (Å²) in [6.45, 7) is 10.7. The van der Waals surface area contributed by atoms with E-state index < -0.39 is 9.84 Å². The van der Waals surface area contributed by atoms with E-state index in [0.29, 0.717) is 13.1 Å². The number of amides is 1. The molecular weight excluding hydrogens is 370 g/mol. The van der Waals surface area contributed by atoms with E-state index in [1.54, 1.807) is 18.3 Å². The molecule has 1 amide bonds. The Bertz CT molecular complexity index is 653. The fourth-order valence-corrected chi connectivity index (χ4v) is 5.08. The molecule has 26 heavy (non-hydrogen) atoms. The molecule has 0 aromatic carbocycles. The van der Waals surface area contributed by atoms with Crippen LogP contribution in [0, 0.1) is 0 Å². The van der Waals surface area contributed by atoms with Gasteiger partial charge in [-0.25, -0.2) is 8.42 Å². The average Bonchev–Trinajstić information content (AvgIpc) is 3.12. The fourth-order valence-electron chi connectivity index (χ4n) is 3.24. The molecule has 1 aliphatic rings. The molecule has 1 aromatic rings. The van der Waals surface area contributed by atoms with Crippen LogP contribution >= 0.6 is 11.3 Å². The lowest BCUT2D eigenvalue weighted by Gasteiger charge is -2.36. The van der Waals surface area contributed by atoms with Crippen LogP contribution in [0.25, 0.3) is 0 Å². The number of piperazine rings is 1. The summed E-state index contributed by atoms with van der Waals surface area (Å²) in [7, 11) is -3.04. The van der Waals surface area contributed by atoms with Crippen molar-refractivity contribution in [3.8, 4) is 0 Å². The zero-order valence-electron chi connectivity index (χ0n) is 16.1. The summed E-state index contributed by atoms with van der Waals surface area (Å²) in [6, 6.07) is 2.00. The van der Waals surface area contributed by atoms with Crippen LogP contribution in [0.1, 0.15) is 26.3 Å². The topological polar surface area (TPSA) is 60.9 Å². The molecule has 0 aliphatic carbocycles. The lowest BCUT2D eigenvalue weighted by molar-refractivity contribution is -0.134. The van der Waals surface area contributed by atoms with Crippen molar-refractivity contribution in [1.82, 2.24) is 14.7 Å². The zero-order valence-corrected chi connectivity index (χ0v) is 17.7. The minimum atomic E-state index is -3.04. The maximum atomic E-state index is 12.6. The second-order valence-corrected chi connectivity index (χ2v) is 10.1. The Labute approximate surface area is 161 Å². The number of carbonyl (C=O) groups is 1. The standard InChI is InChI=1S/C18H31N3O3S2/c1-4-20(16(3)15-26(23,24)5-2)13-18(22)21-9-7-19(8-10-21)12-17-6-11-25-14-17/h6,11,14,16H,4-5,7-10,12-13,15H2,1-3H3. The highest BCUT2D eigenvalue weighted by Gasteiger charge is 2.25. The molecule has 0 radical (unpaired) electrons. The summed E-state index contributed by atoms with van der Waals surface area (Å²) in [4.78, 5) is 18.9. The van der Waals surface area contributed by atoms with Crippen LogP contribution < -0.4 is 0 Å². The summed E-state index contributed by atoms with van der Waals surface area (Å²) >= 11 is 1.71. The van der Waals surface area contributed by atoms with Crippen molar-refractivity contribution < 1.29 is 13.2 Å². The summed E-state index contributed by atoms with van der Waals surface area (Å²) in [5.74, 6) is 0.358. The lowest BCUT2D eigenvalue weighted by Crippen LogP contribution is -2.52. The molecule has 8 heteroatoms. The van der Waals surface area contributed by atoms with Crippen molar-refractivity contribution in [3.05, 3.63) is 22.4 Å². The van der Waals surface area contributed by atoms with Gasteiger partial charge < -0.3 is 4.90 Å². The van der Waals surface area contributed by atoms with Gasteiger partial charge in [0.05, 0.1) is 12.3 Å². The number of carbonyl (C=O) groups excluding carboxylic acids is 1. The van der Waals surface area contributed by atoms with E-state index in [1.165, 1.54) is 5.56 Å². The van der Waals surface area contributed by atoms with Crippen molar-refractivity contribution in [3.63, 3.8) is 0 Å². The molecule has 2 heterocycles. The highest BCUT2D eigenvalue weighted by molar-refractivity contribution is 7.91. The van der Waals surface area contributed by atoms with Gasteiger partial charge in [0.25, 0.3) is 0 Å². The van der Waals surface area contributed by atoms with Crippen molar-refractivity contribution in [2.24, 2.45) is 0 Å². The second-order valence-electron chi connectivity index (χ2n) is 6.90. The van der Waals surface area contributed by atoms with Crippen molar-refractivity contribution in [2.75, 3.05) is 50.8 Å². The first-order valence-electron chi connectivity index (χ1n) is 9.30. The van der Waals surface area contributed by atoms with Gasteiger partial charge in [-0.3, -0.25) is 14.6 Å². The van der Waals surface area contributed by atoms with Crippen LogP contribution in [-0.4, -0.2) is 85.8 Å². The van der Waals surface area contributed by atoms with Gasteiger partial charge in [-0.2, -0.15) is 11.3 Å². The Hall–Kier alpha value is -0.960. The molecule has 2 rings (SSSR count). The molecular formula is C18H31N3O3S2. The summed E-state index contributed by atoms with van der Waals surface area (Å²) in [5.41, 5.74) is 1.33. The van der Waals surface area contributed by atoms with Crippen molar-refractivity contribution in [1.29, 1.82) is 0 Å². The molecule has 1 unspecified atom stereocenters. The summed E-state index contributed by atoms with van der Waals surface area (Å²) in [5, 5.41) is 4.26. The number of rotatable bonds is 9. The predicted octanol–water partition coefficient (Wildman–Crippen LogP) is 1.54. The zero-order chi connectivity index (χ0) is 19.2. The Morgan fingerprint density at radius 1 is 1.27 bits per heavy atom. The lowest BCUT2D eigenvalue weighted by atomic mass is 10.2. The minimum Gasteiger partial charge on any atom is -0.339 e. The molecule has 1 atom stereocenters. The fraction of sp³-hybridized carbons (Fsp3) is 0.722. The van der Waals surface area contributed by atoms with E-state index in [1.807, 2.05) is 23.6 Å². The molecule has 0 spiro atoms. The summed E-state index contributed by atoms with van der Waals surface area (Å²) < 4.78 is 23.7. The molecule has 0 bridgehead atoms. The van der Waals surface area contributed by atoms with E-state index in [9.17, 15) is 13.2 Å². The number of likely N-dealkylation sites (N-methyl/N-ethyl adjacent to an activating group) is 1. The Morgan fingerprint density at radius 3 is 2.50 bits per heavy atom. The van der Waals surface area contributed by atoms with Crippen LogP contribution in [0.15, 0.2) is 16.8 Å². The number of hydrogen-bond donors (Lipinski definition) is 0. The second kappa shape index (κ2) is 9.82. The first kappa shape index (κ1) is 21.3. The van der Waals surface area contributed by atoms with E-state index in [0.717, 1.165) is 32.7 Å². The minimum absolute atomic E-state index is 0.0998. The van der Waals surface area contributed by atoms with Crippen LogP contribution in [0.3, 0.4) is 0 Å². The number of hydrogen-bond acceptors (Lipinski definition) is 6. The number of sulfone groups is 1. The number of nitrogens with zero attached hydrogens (tertiary/aromatic N) is 3. The van der Waals surface area contributed by atoms with Crippen LogP contribution in [0.4, 0.5) is 0 Å². The summed E-state index contributed by atoms with van der Waals surface area (Å²) in [6.07, 6.45) is 0. The average molecular weight is 402 g/mol. The van der Waals surface area contributed by atoms with Crippen LogP contribution in [0.2, 0.25) is 0 Å². The Balaban J connectivity index is 1.81. The first-order chi connectivity index (χ1) is 12.3. The Morgan fingerprint density at radius 2 is 1.96 bits per heavy atom. The van der Waals surface area contributed by atoms with E-state index in [2.05, 4.69) is 21.7 Å². The van der Waals surface area contributed by atoms with Crippen LogP contribution in [-0.2, 0) is 21.2 Å².